The Hall–Kier alpha value is -2.63. The van der Waals surface area contributed by atoms with E-state index in [-0.39, 0.29) is 17.8 Å². The standard InChI is InChI=1S/C21H28N4O2/c1-4-10-25(19-13-17-7-5-6-8-18(17)14-19)20(26)22-9-11-24-16(3)12-15(2)23-21(24)27/h5-8,12,19H,4,9-11,13-14H2,1-3H3,(H,22,26). The summed E-state index contributed by atoms with van der Waals surface area (Å²) in [5.41, 5.74) is 3.98. The number of benzene rings is 1. The SMILES string of the molecule is CCCN(C(=O)NCCn1c(C)cc(C)nc1=O)C1Cc2ccccc2C1. The highest BCUT2D eigenvalue weighted by atomic mass is 16.2. The molecule has 1 aliphatic rings. The number of hydrogen-bond acceptors (Lipinski definition) is 3. The van der Waals surface area contributed by atoms with Crippen molar-refractivity contribution >= 4 is 6.03 Å². The highest BCUT2D eigenvalue weighted by Gasteiger charge is 2.29. The molecule has 1 N–H and O–H groups in total. The number of urea groups is 1. The van der Waals surface area contributed by atoms with Gasteiger partial charge in [0.2, 0.25) is 0 Å². The first-order valence-corrected chi connectivity index (χ1v) is 9.66. The van der Waals surface area contributed by atoms with Gasteiger partial charge in [0.15, 0.2) is 0 Å². The summed E-state index contributed by atoms with van der Waals surface area (Å²) in [5, 5.41) is 2.99. The van der Waals surface area contributed by atoms with Crippen LogP contribution in [-0.2, 0) is 19.4 Å². The summed E-state index contributed by atoms with van der Waals surface area (Å²) in [6.07, 6.45) is 2.73. The van der Waals surface area contributed by atoms with Crippen LogP contribution >= 0.6 is 0 Å². The Balaban J connectivity index is 1.61. The average Bonchev–Trinajstić information content (AvgIpc) is 3.05. The number of aryl methyl sites for hydroxylation is 2. The molecule has 0 atom stereocenters. The molecule has 1 aromatic carbocycles. The van der Waals surface area contributed by atoms with Crippen molar-refractivity contribution in [1.29, 1.82) is 0 Å². The van der Waals surface area contributed by atoms with Gasteiger partial charge in [0.1, 0.15) is 0 Å². The van der Waals surface area contributed by atoms with E-state index < -0.39 is 0 Å². The van der Waals surface area contributed by atoms with Crippen LogP contribution in [0.15, 0.2) is 35.1 Å². The van der Waals surface area contributed by atoms with Crippen molar-refractivity contribution < 1.29 is 4.79 Å². The van der Waals surface area contributed by atoms with Crippen LogP contribution in [-0.4, -0.2) is 39.6 Å². The lowest BCUT2D eigenvalue weighted by Crippen LogP contribution is -2.48. The number of carbonyl (C=O) groups excluding carboxylic acids is 1. The van der Waals surface area contributed by atoms with E-state index in [1.165, 1.54) is 11.1 Å². The molecule has 27 heavy (non-hydrogen) atoms. The topological polar surface area (TPSA) is 67.2 Å². The Bertz CT molecular complexity index is 850. The van der Waals surface area contributed by atoms with Gasteiger partial charge in [-0.05, 0) is 50.3 Å². The molecule has 0 saturated carbocycles. The van der Waals surface area contributed by atoms with Gasteiger partial charge in [-0.25, -0.2) is 9.59 Å². The van der Waals surface area contributed by atoms with Gasteiger partial charge in [0, 0.05) is 37.1 Å². The zero-order valence-electron chi connectivity index (χ0n) is 16.4. The van der Waals surface area contributed by atoms with E-state index in [0.29, 0.717) is 18.8 Å². The molecule has 0 bridgehead atoms. The molecule has 3 rings (SSSR count). The van der Waals surface area contributed by atoms with Crippen LogP contribution < -0.4 is 11.0 Å². The van der Waals surface area contributed by atoms with E-state index in [9.17, 15) is 9.59 Å². The molecule has 1 aromatic heterocycles. The second-order valence-electron chi connectivity index (χ2n) is 7.23. The summed E-state index contributed by atoms with van der Waals surface area (Å²) >= 11 is 0. The molecule has 6 heteroatoms. The molecule has 0 unspecified atom stereocenters. The summed E-state index contributed by atoms with van der Waals surface area (Å²) in [5.74, 6) is 0. The largest absolute Gasteiger partial charge is 0.348 e. The zero-order chi connectivity index (χ0) is 19.4. The number of hydrogen-bond donors (Lipinski definition) is 1. The monoisotopic (exact) mass is 368 g/mol. The predicted molar refractivity (Wildman–Crippen MR) is 106 cm³/mol. The third kappa shape index (κ3) is 4.38. The molecular formula is C21H28N4O2. The van der Waals surface area contributed by atoms with Crippen molar-refractivity contribution in [3.63, 3.8) is 0 Å². The van der Waals surface area contributed by atoms with Gasteiger partial charge in [-0.1, -0.05) is 31.2 Å². The lowest BCUT2D eigenvalue weighted by atomic mass is 10.1. The molecule has 144 valence electrons. The number of aromatic nitrogens is 2. The van der Waals surface area contributed by atoms with Crippen molar-refractivity contribution in [2.45, 2.75) is 52.6 Å². The van der Waals surface area contributed by atoms with Crippen LogP contribution in [0.4, 0.5) is 4.79 Å². The van der Waals surface area contributed by atoms with Gasteiger partial charge in [0.25, 0.3) is 0 Å². The molecule has 0 spiro atoms. The third-order valence-electron chi connectivity index (χ3n) is 5.15. The zero-order valence-corrected chi connectivity index (χ0v) is 16.4. The molecule has 2 amide bonds. The molecule has 0 saturated heterocycles. The Kier molecular flexibility index (Phi) is 5.94. The van der Waals surface area contributed by atoms with E-state index >= 15 is 0 Å². The van der Waals surface area contributed by atoms with Crippen molar-refractivity contribution in [3.05, 3.63) is 63.3 Å². The quantitative estimate of drug-likeness (QED) is 0.852. The maximum absolute atomic E-state index is 12.8. The third-order valence-corrected chi connectivity index (χ3v) is 5.15. The smallest absolute Gasteiger partial charge is 0.336 e. The number of carbonyl (C=O) groups is 1. The minimum absolute atomic E-state index is 0.0552. The lowest BCUT2D eigenvalue weighted by molar-refractivity contribution is 0.175. The molecule has 1 aliphatic carbocycles. The van der Waals surface area contributed by atoms with E-state index in [4.69, 9.17) is 0 Å². The maximum Gasteiger partial charge on any atom is 0.348 e. The molecule has 0 fully saturated rings. The van der Waals surface area contributed by atoms with Crippen LogP contribution in [0.5, 0.6) is 0 Å². The molecule has 1 heterocycles. The Morgan fingerprint density at radius 1 is 1.26 bits per heavy atom. The van der Waals surface area contributed by atoms with Gasteiger partial charge in [0.05, 0.1) is 0 Å². The Morgan fingerprint density at radius 3 is 2.52 bits per heavy atom. The van der Waals surface area contributed by atoms with E-state index in [1.54, 1.807) is 4.57 Å². The molecular weight excluding hydrogens is 340 g/mol. The van der Waals surface area contributed by atoms with Crippen LogP contribution in [0.25, 0.3) is 0 Å². The van der Waals surface area contributed by atoms with Crippen LogP contribution in [0.2, 0.25) is 0 Å². The summed E-state index contributed by atoms with van der Waals surface area (Å²) in [6.45, 7) is 7.34. The first-order chi connectivity index (χ1) is 13.0. The number of amides is 2. The van der Waals surface area contributed by atoms with E-state index in [0.717, 1.165) is 31.5 Å². The second kappa shape index (κ2) is 8.37. The molecule has 6 nitrogen and oxygen atoms in total. The summed E-state index contributed by atoms with van der Waals surface area (Å²) < 4.78 is 1.60. The number of fused-ring (bicyclic) bond motifs is 1. The highest BCUT2D eigenvalue weighted by molar-refractivity contribution is 5.74. The van der Waals surface area contributed by atoms with Crippen molar-refractivity contribution in [1.82, 2.24) is 19.8 Å². The summed E-state index contributed by atoms with van der Waals surface area (Å²) in [7, 11) is 0. The normalized spacial score (nSPS) is 13.4. The van der Waals surface area contributed by atoms with Gasteiger partial charge in [-0.15, -0.1) is 0 Å². The van der Waals surface area contributed by atoms with Gasteiger partial charge >= 0.3 is 11.7 Å². The fourth-order valence-electron chi connectivity index (χ4n) is 3.87. The summed E-state index contributed by atoms with van der Waals surface area (Å²) in [4.78, 5) is 30.7. The first kappa shape index (κ1) is 19.1. The average molecular weight is 368 g/mol. The molecule has 2 aromatic rings. The Morgan fingerprint density at radius 2 is 1.93 bits per heavy atom. The minimum atomic E-state index is -0.265. The second-order valence-corrected chi connectivity index (χ2v) is 7.23. The van der Waals surface area contributed by atoms with Crippen LogP contribution in [0, 0.1) is 13.8 Å². The van der Waals surface area contributed by atoms with E-state index in [1.807, 2.05) is 24.8 Å². The highest BCUT2D eigenvalue weighted by Crippen LogP contribution is 2.25. The van der Waals surface area contributed by atoms with Gasteiger partial charge < -0.3 is 10.2 Å². The number of rotatable bonds is 6. The van der Waals surface area contributed by atoms with Crippen molar-refractivity contribution in [2.75, 3.05) is 13.1 Å². The number of nitrogens with one attached hydrogen (secondary N) is 1. The maximum atomic E-state index is 12.8. The molecule has 0 aliphatic heterocycles. The fraction of sp³-hybridized carbons (Fsp3) is 0.476. The Labute approximate surface area is 160 Å². The number of nitrogens with zero attached hydrogens (tertiary/aromatic N) is 3. The van der Waals surface area contributed by atoms with Crippen LogP contribution in [0.3, 0.4) is 0 Å². The van der Waals surface area contributed by atoms with Crippen LogP contribution in [0.1, 0.15) is 35.9 Å². The minimum Gasteiger partial charge on any atom is -0.336 e. The van der Waals surface area contributed by atoms with Crippen molar-refractivity contribution in [3.8, 4) is 0 Å². The fourth-order valence-corrected chi connectivity index (χ4v) is 3.87. The van der Waals surface area contributed by atoms with Crippen molar-refractivity contribution in [2.24, 2.45) is 0 Å². The van der Waals surface area contributed by atoms with Gasteiger partial charge in [-0.2, -0.15) is 4.98 Å². The predicted octanol–water partition coefficient (Wildman–Crippen LogP) is 2.45. The lowest BCUT2D eigenvalue weighted by Gasteiger charge is -2.29. The molecule has 0 radical (unpaired) electrons. The first-order valence-electron chi connectivity index (χ1n) is 9.66. The summed E-state index contributed by atoms with van der Waals surface area (Å²) in [6, 6.07) is 10.4. The van der Waals surface area contributed by atoms with E-state index in [2.05, 4.69) is 41.5 Å². The van der Waals surface area contributed by atoms with Gasteiger partial charge in [-0.3, -0.25) is 4.57 Å².